The van der Waals surface area contributed by atoms with Crippen LogP contribution >= 0.6 is 15.9 Å². The maximum absolute atomic E-state index is 16.1. The number of nitrogens with zero attached hydrogens (tertiary/aromatic N) is 1. The number of fused-ring (bicyclic) bond motifs is 1. The standard InChI is InChI=1S/C33H41BrFNO3/c1-5-26(36-18-16-24(17-19-36)33(37-3)38-4)21-31(35)28(6-2)32-29-14-13-27(20-25(29)12-15-30(32)34)39-22-23-10-8-7-9-11-23/h6-11,13-14,20-21,24,26,33H,5,12,15-19,22H2,1-4H3/b28-6+,31-21+/t26-/m0/s1. The lowest BCUT2D eigenvalue weighted by Crippen LogP contribution is -2.43. The Morgan fingerprint density at radius 2 is 1.79 bits per heavy atom. The van der Waals surface area contributed by atoms with Crippen molar-refractivity contribution in [2.75, 3.05) is 27.3 Å². The molecule has 2 aromatic carbocycles. The highest BCUT2D eigenvalue weighted by Gasteiger charge is 2.30. The largest absolute Gasteiger partial charge is 0.489 e. The molecule has 1 fully saturated rings. The van der Waals surface area contributed by atoms with Crippen molar-refractivity contribution in [1.29, 1.82) is 0 Å². The summed E-state index contributed by atoms with van der Waals surface area (Å²) in [4.78, 5) is 2.39. The van der Waals surface area contributed by atoms with Gasteiger partial charge in [-0.1, -0.05) is 65.3 Å². The van der Waals surface area contributed by atoms with Crippen molar-refractivity contribution >= 4 is 21.5 Å². The van der Waals surface area contributed by atoms with E-state index >= 15 is 4.39 Å². The molecule has 0 bridgehead atoms. The van der Waals surface area contributed by atoms with Gasteiger partial charge in [0.05, 0.1) is 0 Å². The molecule has 1 saturated heterocycles. The number of ether oxygens (including phenoxy) is 3. The number of piperidine rings is 1. The van der Waals surface area contributed by atoms with Crippen LogP contribution in [-0.2, 0) is 22.5 Å². The molecule has 1 heterocycles. The molecule has 2 aliphatic rings. The number of methoxy groups -OCH3 is 2. The number of halogens is 2. The first-order valence-corrected chi connectivity index (χ1v) is 14.8. The lowest BCUT2D eigenvalue weighted by molar-refractivity contribution is -0.147. The van der Waals surface area contributed by atoms with Crippen molar-refractivity contribution in [1.82, 2.24) is 4.90 Å². The average molecular weight is 599 g/mol. The maximum Gasteiger partial charge on any atom is 0.159 e. The molecule has 0 radical (unpaired) electrons. The Morgan fingerprint density at radius 1 is 1.08 bits per heavy atom. The summed E-state index contributed by atoms with van der Waals surface area (Å²) in [5.74, 6) is 1.05. The molecule has 1 aliphatic heterocycles. The third kappa shape index (κ3) is 7.29. The molecule has 39 heavy (non-hydrogen) atoms. The number of hydrogen-bond acceptors (Lipinski definition) is 4. The van der Waals surface area contributed by atoms with E-state index in [0.29, 0.717) is 18.1 Å². The zero-order valence-electron chi connectivity index (χ0n) is 23.6. The van der Waals surface area contributed by atoms with Crippen LogP contribution in [0.5, 0.6) is 5.75 Å². The number of allylic oxidation sites excluding steroid dienone is 5. The van der Waals surface area contributed by atoms with Crippen LogP contribution in [0.4, 0.5) is 4.39 Å². The molecule has 0 unspecified atom stereocenters. The van der Waals surface area contributed by atoms with E-state index in [2.05, 4.69) is 52.0 Å². The van der Waals surface area contributed by atoms with Gasteiger partial charge in [-0.2, -0.15) is 0 Å². The Bertz CT molecular complexity index is 1180. The van der Waals surface area contributed by atoms with E-state index in [9.17, 15) is 0 Å². The van der Waals surface area contributed by atoms with Crippen LogP contribution in [0.1, 0.15) is 56.2 Å². The molecule has 0 amide bonds. The van der Waals surface area contributed by atoms with E-state index < -0.39 is 0 Å². The fourth-order valence-electron chi connectivity index (χ4n) is 5.80. The Labute approximate surface area is 241 Å². The van der Waals surface area contributed by atoms with Crippen LogP contribution in [0.15, 0.2) is 76.6 Å². The zero-order valence-corrected chi connectivity index (χ0v) is 25.2. The predicted octanol–water partition coefficient (Wildman–Crippen LogP) is 8.23. The van der Waals surface area contributed by atoms with Gasteiger partial charge in [-0.25, -0.2) is 4.39 Å². The second-order valence-corrected chi connectivity index (χ2v) is 11.2. The molecular weight excluding hydrogens is 557 g/mol. The summed E-state index contributed by atoms with van der Waals surface area (Å²) in [5.41, 5.74) is 4.97. The van der Waals surface area contributed by atoms with Crippen LogP contribution in [0.3, 0.4) is 0 Å². The average Bonchev–Trinajstić information content (AvgIpc) is 2.98. The van der Waals surface area contributed by atoms with Crippen LogP contribution in [0.25, 0.3) is 5.57 Å². The minimum Gasteiger partial charge on any atom is -0.489 e. The third-order valence-electron chi connectivity index (χ3n) is 7.94. The SMILES string of the molecule is C/C=C(C1=C(Br)CCc2cc(OCc3ccccc3)ccc21)\C(F)=C/[C@H](CC)N1CCC(C(OC)OC)CC1. The van der Waals surface area contributed by atoms with Gasteiger partial charge in [-0.15, -0.1) is 0 Å². The van der Waals surface area contributed by atoms with Crippen molar-refractivity contribution in [3.8, 4) is 5.75 Å². The summed E-state index contributed by atoms with van der Waals surface area (Å²) < 4.78 is 34.1. The molecule has 4 rings (SSSR count). The highest BCUT2D eigenvalue weighted by atomic mass is 79.9. The lowest BCUT2D eigenvalue weighted by atomic mass is 9.85. The highest BCUT2D eigenvalue weighted by Crippen LogP contribution is 2.43. The lowest BCUT2D eigenvalue weighted by Gasteiger charge is -2.38. The van der Waals surface area contributed by atoms with Gasteiger partial charge in [0, 0.05) is 41.8 Å². The van der Waals surface area contributed by atoms with Crippen molar-refractivity contribution in [2.45, 2.75) is 64.9 Å². The topological polar surface area (TPSA) is 30.9 Å². The third-order valence-corrected chi connectivity index (χ3v) is 8.74. The molecule has 4 nitrogen and oxygen atoms in total. The summed E-state index contributed by atoms with van der Waals surface area (Å²) in [6.45, 7) is 6.39. The van der Waals surface area contributed by atoms with Crippen LogP contribution in [0.2, 0.25) is 0 Å². The quantitative estimate of drug-likeness (QED) is 0.193. The van der Waals surface area contributed by atoms with Crippen molar-refractivity contribution in [3.63, 3.8) is 0 Å². The van der Waals surface area contributed by atoms with Crippen molar-refractivity contribution in [3.05, 3.63) is 93.3 Å². The first-order valence-electron chi connectivity index (χ1n) is 14.0. The van der Waals surface area contributed by atoms with Gasteiger partial charge in [-0.3, -0.25) is 4.90 Å². The molecule has 1 atom stereocenters. The second-order valence-electron chi connectivity index (χ2n) is 10.3. The smallest absolute Gasteiger partial charge is 0.159 e. The minimum atomic E-state index is -0.172. The first-order chi connectivity index (χ1) is 19.0. The zero-order chi connectivity index (χ0) is 27.8. The summed E-state index contributed by atoms with van der Waals surface area (Å²) in [7, 11) is 3.39. The Balaban J connectivity index is 1.50. The fraction of sp³-hybridized carbons (Fsp3) is 0.455. The Kier molecular flexibility index (Phi) is 11.0. The molecule has 210 valence electrons. The summed E-state index contributed by atoms with van der Waals surface area (Å²) in [6, 6.07) is 16.4. The maximum atomic E-state index is 16.1. The molecule has 0 aromatic heterocycles. The van der Waals surface area contributed by atoms with Gasteiger partial charge in [0.25, 0.3) is 0 Å². The van der Waals surface area contributed by atoms with E-state index in [4.69, 9.17) is 14.2 Å². The van der Waals surface area contributed by atoms with Crippen LogP contribution in [0, 0.1) is 5.92 Å². The van der Waals surface area contributed by atoms with Gasteiger partial charge in [0.15, 0.2) is 6.29 Å². The monoisotopic (exact) mass is 597 g/mol. The van der Waals surface area contributed by atoms with Gasteiger partial charge >= 0.3 is 0 Å². The molecule has 1 aliphatic carbocycles. The summed E-state index contributed by atoms with van der Waals surface area (Å²) in [5, 5.41) is 0. The van der Waals surface area contributed by atoms with Crippen molar-refractivity contribution < 1.29 is 18.6 Å². The number of likely N-dealkylation sites (tertiary alicyclic amines) is 1. The Hall–Kier alpha value is -2.25. The molecule has 0 N–H and O–H groups in total. The van der Waals surface area contributed by atoms with E-state index in [1.165, 1.54) is 5.56 Å². The second kappa shape index (κ2) is 14.4. The van der Waals surface area contributed by atoms with Crippen molar-refractivity contribution in [2.24, 2.45) is 5.92 Å². The van der Waals surface area contributed by atoms with Gasteiger partial charge in [-0.05, 0) is 87.0 Å². The molecule has 2 aromatic rings. The predicted molar refractivity (Wildman–Crippen MR) is 161 cm³/mol. The van der Waals surface area contributed by atoms with Gasteiger partial charge < -0.3 is 14.2 Å². The fourth-order valence-corrected chi connectivity index (χ4v) is 6.43. The Morgan fingerprint density at radius 3 is 2.44 bits per heavy atom. The van der Waals surface area contributed by atoms with Gasteiger partial charge in [0.2, 0.25) is 0 Å². The highest BCUT2D eigenvalue weighted by molar-refractivity contribution is 9.11. The van der Waals surface area contributed by atoms with Crippen LogP contribution < -0.4 is 4.74 Å². The molecular formula is C33H41BrFNO3. The molecule has 0 spiro atoms. The van der Waals surface area contributed by atoms with E-state index in [1.54, 1.807) is 14.2 Å². The minimum absolute atomic E-state index is 0.0423. The number of benzene rings is 2. The normalized spacial score (nSPS) is 18.4. The van der Waals surface area contributed by atoms with E-state index in [0.717, 1.165) is 72.1 Å². The van der Waals surface area contributed by atoms with E-state index in [-0.39, 0.29) is 18.2 Å². The number of hydrogen-bond donors (Lipinski definition) is 0. The number of aryl methyl sites for hydroxylation is 1. The van der Waals surface area contributed by atoms with Crippen LogP contribution in [-0.4, -0.2) is 44.5 Å². The first kappa shape index (κ1) is 29.7. The van der Waals surface area contributed by atoms with Gasteiger partial charge in [0.1, 0.15) is 18.2 Å². The molecule has 0 saturated carbocycles. The number of rotatable bonds is 11. The van der Waals surface area contributed by atoms with E-state index in [1.807, 2.05) is 43.3 Å². The summed E-state index contributed by atoms with van der Waals surface area (Å²) in [6.07, 6.45) is 8.08. The summed E-state index contributed by atoms with van der Waals surface area (Å²) >= 11 is 3.79. The molecule has 6 heteroatoms.